The van der Waals surface area contributed by atoms with Crippen molar-refractivity contribution in [3.63, 3.8) is 0 Å². The second-order valence-electron chi connectivity index (χ2n) is 5.00. The molecule has 0 fully saturated rings. The molecule has 0 aliphatic carbocycles. The van der Waals surface area contributed by atoms with E-state index in [9.17, 15) is 9.18 Å². The molecule has 3 aromatic rings. The highest BCUT2D eigenvalue weighted by Gasteiger charge is 2.08. The number of nitrogens with one attached hydrogen (secondary N) is 4. The molecule has 0 radical (unpaired) electrons. The van der Waals surface area contributed by atoms with Crippen LogP contribution in [0.5, 0.6) is 0 Å². The molecule has 0 atom stereocenters. The number of halogens is 2. The van der Waals surface area contributed by atoms with E-state index in [0.717, 1.165) is 4.47 Å². The summed E-state index contributed by atoms with van der Waals surface area (Å²) in [7, 11) is 0. The van der Waals surface area contributed by atoms with Crippen LogP contribution in [0.2, 0.25) is 0 Å². The first kappa shape index (κ1) is 15.7. The predicted molar refractivity (Wildman–Crippen MR) is 97.6 cm³/mol. The number of fused-ring (bicyclic) bond motifs is 1. The SMILES string of the molecule is Cc1ccc(NC(=S)Nc2cc3[nH]c(=O)[nH]c3cc2Br)cc1F. The van der Waals surface area contributed by atoms with Gasteiger partial charge < -0.3 is 20.6 Å². The van der Waals surface area contributed by atoms with E-state index in [1.54, 1.807) is 31.2 Å². The minimum atomic E-state index is -0.301. The molecule has 1 heterocycles. The fraction of sp³-hybridized carbons (Fsp3) is 0.0667. The molecule has 23 heavy (non-hydrogen) atoms. The summed E-state index contributed by atoms with van der Waals surface area (Å²) in [4.78, 5) is 16.7. The Balaban J connectivity index is 1.80. The molecule has 0 saturated heterocycles. The molecule has 0 amide bonds. The van der Waals surface area contributed by atoms with Crippen molar-refractivity contribution >= 4 is 55.7 Å². The fourth-order valence-electron chi connectivity index (χ4n) is 2.11. The van der Waals surface area contributed by atoms with Gasteiger partial charge in [-0.1, -0.05) is 6.07 Å². The van der Waals surface area contributed by atoms with Gasteiger partial charge in [0.1, 0.15) is 5.82 Å². The third-order valence-corrected chi connectivity index (χ3v) is 4.14. The van der Waals surface area contributed by atoms with Crippen molar-refractivity contribution in [1.82, 2.24) is 9.97 Å². The van der Waals surface area contributed by atoms with Crippen molar-refractivity contribution in [2.75, 3.05) is 10.6 Å². The van der Waals surface area contributed by atoms with Gasteiger partial charge in [0.05, 0.1) is 16.7 Å². The highest BCUT2D eigenvalue weighted by molar-refractivity contribution is 9.10. The van der Waals surface area contributed by atoms with Gasteiger partial charge in [0, 0.05) is 10.2 Å². The van der Waals surface area contributed by atoms with Crippen LogP contribution >= 0.6 is 28.1 Å². The normalized spacial score (nSPS) is 10.7. The maximum absolute atomic E-state index is 13.5. The van der Waals surface area contributed by atoms with Gasteiger partial charge in [0.2, 0.25) is 0 Å². The standard InChI is InChI=1S/C15H12BrFN4OS/c1-7-2-3-8(4-10(7)17)18-15(23)21-11-6-13-12(5-9(11)16)19-14(22)20-13/h2-6H,1H3,(H2,18,21,23)(H2,19,20,22). The lowest BCUT2D eigenvalue weighted by atomic mass is 10.2. The molecule has 0 aliphatic heterocycles. The summed E-state index contributed by atoms with van der Waals surface area (Å²) in [5, 5.41) is 6.24. The Morgan fingerprint density at radius 1 is 1.17 bits per heavy atom. The summed E-state index contributed by atoms with van der Waals surface area (Å²) < 4.78 is 14.3. The Morgan fingerprint density at radius 3 is 2.57 bits per heavy atom. The molecule has 0 spiro atoms. The molecule has 4 N–H and O–H groups in total. The first-order valence-electron chi connectivity index (χ1n) is 6.68. The molecule has 0 aliphatic rings. The molecule has 2 aromatic carbocycles. The Morgan fingerprint density at radius 2 is 1.87 bits per heavy atom. The van der Waals surface area contributed by atoms with Gasteiger partial charge in [-0.2, -0.15) is 0 Å². The van der Waals surface area contributed by atoms with Gasteiger partial charge >= 0.3 is 5.69 Å². The smallest absolute Gasteiger partial charge is 0.323 e. The summed E-state index contributed by atoms with van der Waals surface area (Å²) in [5.74, 6) is -0.301. The van der Waals surface area contributed by atoms with Gasteiger partial charge in [-0.3, -0.25) is 0 Å². The number of anilines is 2. The molecule has 1 aromatic heterocycles. The first-order chi connectivity index (χ1) is 10.9. The van der Waals surface area contributed by atoms with Crippen LogP contribution in [0.25, 0.3) is 11.0 Å². The number of imidazole rings is 1. The summed E-state index contributed by atoms with van der Waals surface area (Å²) in [6.07, 6.45) is 0. The zero-order chi connectivity index (χ0) is 16.6. The van der Waals surface area contributed by atoms with Crippen molar-refractivity contribution in [3.05, 3.63) is 56.7 Å². The summed E-state index contributed by atoms with van der Waals surface area (Å²) in [6, 6.07) is 8.32. The molecule has 0 saturated carbocycles. The van der Waals surface area contributed by atoms with Crippen LogP contribution in [0.1, 0.15) is 5.56 Å². The number of hydrogen-bond acceptors (Lipinski definition) is 2. The van der Waals surface area contributed by atoms with Gasteiger partial charge in [0.15, 0.2) is 5.11 Å². The van der Waals surface area contributed by atoms with E-state index >= 15 is 0 Å². The molecular weight excluding hydrogens is 383 g/mol. The second kappa shape index (κ2) is 6.13. The Labute approximate surface area is 144 Å². The zero-order valence-electron chi connectivity index (χ0n) is 12.0. The largest absolute Gasteiger partial charge is 0.332 e. The highest BCUT2D eigenvalue weighted by Crippen LogP contribution is 2.26. The number of aromatic nitrogens is 2. The number of hydrogen-bond donors (Lipinski definition) is 4. The van der Waals surface area contributed by atoms with Crippen LogP contribution < -0.4 is 16.3 Å². The Kier molecular flexibility index (Phi) is 4.18. The Bertz CT molecular complexity index is 966. The number of benzene rings is 2. The molecule has 0 bridgehead atoms. The van der Waals surface area contributed by atoms with Crippen LogP contribution in [0, 0.1) is 12.7 Å². The van der Waals surface area contributed by atoms with E-state index in [0.29, 0.717) is 33.1 Å². The van der Waals surface area contributed by atoms with Crippen molar-refractivity contribution in [3.8, 4) is 0 Å². The van der Waals surface area contributed by atoms with Crippen LogP contribution in [0.4, 0.5) is 15.8 Å². The number of rotatable bonds is 2. The quantitative estimate of drug-likeness (QED) is 0.497. The lowest BCUT2D eigenvalue weighted by molar-refractivity contribution is 0.619. The molecule has 5 nitrogen and oxygen atoms in total. The maximum atomic E-state index is 13.5. The van der Waals surface area contributed by atoms with Crippen molar-refractivity contribution in [1.29, 1.82) is 0 Å². The van der Waals surface area contributed by atoms with E-state index in [4.69, 9.17) is 12.2 Å². The number of H-pyrrole nitrogens is 2. The zero-order valence-corrected chi connectivity index (χ0v) is 14.4. The van der Waals surface area contributed by atoms with Crippen molar-refractivity contribution < 1.29 is 4.39 Å². The van der Waals surface area contributed by atoms with Gasteiger partial charge in [-0.15, -0.1) is 0 Å². The van der Waals surface area contributed by atoms with Crippen molar-refractivity contribution in [2.24, 2.45) is 0 Å². The van der Waals surface area contributed by atoms with E-state index in [2.05, 4.69) is 36.5 Å². The monoisotopic (exact) mass is 394 g/mol. The van der Waals surface area contributed by atoms with E-state index in [1.807, 2.05) is 0 Å². The van der Waals surface area contributed by atoms with E-state index in [-0.39, 0.29) is 11.5 Å². The topological polar surface area (TPSA) is 72.7 Å². The maximum Gasteiger partial charge on any atom is 0.323 e. The minimum Gasteiger partial charge on any atom is -0.332 e. The molecule has 118 valence electrons. The average molecular weight is 395 g/mol. The van der Waals surface area contributed by atoms with Crippen LogP contribution in [-0.4, -0.2) is 15.1 Å². The number of aromatic amines is 2. The highest BCUT2D eigenvalue weighted by atomic mass is 79.9. The lowest BCUT2D eigenvalue weighted by Crippen LogP contribution is -2.19. The van der Waals surface area contributed by atoms with Crippen LogP contribution in [0.3, 0.4) is 0 Å². The van der Waals surface area contributed by atoms with E-state index in [1.165, 1.54) is 6.07 Å². The van der Waals surface area contributed by atoms with E-state index < -0.39 is 0 Å². The Hall–Kier alpha value is -2.19. The van der Waals surface area contributed by atoms with Gasteiger partial charge in [-0.25, -0.2) is 9.18 Å². The molecule has 3 rings (SSSR count). The van der Waals surface area contributed by atoms with Crippen LogP contribution in [0.15, 0.2) is 39.6 Å². The summed E-state index contributed by atoms with van der Waals surface area (Å²) >= 11 is 8.65. The molecule has 0 unspecified atom stereocenters. The third kappa shape index (κ3) is 3.43. The minimum absolute atomic E-state index is 0.278. The van der Waals surface area contributed by atoms with Crippen LogP contribution in [-0.2, 0) is 0 Å². The summed E-state index contributed by atoms with van der Waals surface area (Å²) in [6.45, 7) is 1.69. The third-order valence-electron chi connectivity index (χ3n) is 3.28. The fourth-order valence-corrected chi connectivity index (χ4v) is 2.78. The number of thiocarbonyl (C=S) groups is 1. The van der Waals surface area contributed by atoms with Gasteiger partial charge in [0.25, 0.3) is 0 Å². The summed E-state index contributed by atoms with van der Waals surface area (Å²) in [5.41, 5.74) is 2.87. The first-order valence-corrected chi connectivity index (χ1v) is 7.88. The number of aryl methyl sites for hydroxylation is 1. The molecule has 8 heteroatoms. The average Bonchev–Trinajstić information content (AvgIpc) is 2.82. The lowest BCUT2D eigenvalue weighted by Gasteiger charge is -2.12. The van der Waals surface area contributed by atoms with Crippen molar-refractivity contribution in [2.45, 2.75) is 6.92 Å². The molecular formula is C15H12BrFN4OS. The second-order valence-corrected chi connectivity index (χ2v) is 6.26. The predicted octanol–water partition coefficient (Wildman–Crippen LogP) is 3.88. The van der Waals surface area contributed by atoms with Gasteiger partial charge in [-0.05, 0) is 64.9 Å².